The molecule has 1 saturated carbocycles. The molecule has 0 radical (unpaired) electrons. The van der Waals surface area contributed by atoms with Gasteiger partial charge in [-0.3, -0.25) is 4.79 Å². The van der Waals surface area contributed by atoms with Gasteiger partial charge in [-0.2, -0.15) is 0 Å². The number of carboxylic acids is 1. The molecule has 1 heterocycles. The van der Waals surface area contributed by atoms with Crippen LogP contribution in [0.2, 0.25) is 0 Å². The van der Waals surface area contributed by atoms with Gasteiger partial charge in [-0.25, -0.2) is 0 Å². The number of carboxylic acid groups (broad SMARTS) is 1. The molecule has 2 rings (SSSR count). The Morgan fingerprint density at radius 2 is 2.05 bits per heavy atom. The van der Waals surface area contributed by atoms with Crippen LogP contribution in [0.4, 0.5) is 0 Å². The molecule has 1 aromatic rings. The number of carbonyl (C=O) groups is 1. The fraction of sp³-hybridized carbons (Fsp3) is 0.786. The summed E-state index contributed by atoms with van der Waals surface area (Å²) in [5.74, 6) is 0.943. The van der Waals surface area contributed by atoms with Crippen LogP contribution in [0, 0.1) is 5.92 Å². The van der Waals surface area contributed by atoms with E-state index in [-0.39, 0.29) is 11.8 Å². The summed E-state index contributed by atoms with van der Waals surface area (Å²) >= 11 is 1.26. The van der Waals surface area contributed by atoms with Gasteiger partial charge in [-0.1, -0.05) is 43.9 Å². The first-order valence-electron chi connectivity index (χ1n) is 7.36. The Balaban J connectivity index is 2.09. The van der Waals surface area contributed by atoms with E-state index in [0.717, 1.165) is 17.4 Å². The van der Waals surface area contributed by atoms with E-state index in [9.17, 15) is 4.79 Å². The molecule has 1 fully saturated rings. The minimum Gasteiger partial charge on any atom is -0.481 e. The van der Waals surface area contributed by atoms with E-state index in [0.29, 0.717) is 5.92 Å². The van der Waals surface area contributed by atoms with Gasteiger partial charge >= 0.3 is 5.97 Å². The summed E-state index contributed by atoms with van der Waals surface area (Å²) < 4.78 is 2.10. The van der Waals surface area contributed by atoms with Gasteiger partial charge in [0.1, 0.15) is 5.82 Å². The molecule has 112 valence electrons. The van der Waals surface area contributed by atoms with Crippen molar-refractivity contribution >= 4 is 17.7 Å². The molecule has 1 N–H and O–H groups in total. The van der Waals surface area contributed by atoms with Crippen molar-refractivity contribution in [1.29, 1.82) is 0 Å². The highest BCUT2D eigenvalue weighted by Gasteiger charge is 2.21. The highest BCUT2D eigenvalue weighted by molar-refractivity contribution is 7.99. The van der Waals surface area contributed by atoms with Crippen LogP contribution in [0.15, 0.2) is 5.16 Å². The van der Waals surface area contributed by atoms with E-state index in [1.54, 1.807) is 0 Å². The third-order valence-corrected chi connectivity index (χ3v) is 4.70. The molecule has 5 nitrogen and oxygen atoms in total. The minimum atomic E-state index is -0.817. The molecule has 0 bridgehead atoms. The van der Waals surface area contributed by atoms with Gasteiger partial charge in [0.05, 0.1) is 5.75 Å². The van der Waals surface area contributed by atoms with Gasteiger partial charge in [0.2, 0.25) is 0 Å². The average Bonchev–Trinajstić information content (AvgIpc) is 2.80. The predicted molar refractivity (Wildman–Crippen MR) is 79.0 cm³/mol. The summed E-state index contributed by atoms with van der Waals surface area (Å²) in [5.41, 5.74) is 0. The second-order valence-corrected chi connectivity index (χ2v) is 6.70. The molecule has 1 aliphatic rings. The lowest BCUT2D eigenvalue weighted by Gasteiger charge is -2.22. The number of hydrogen-bond donors (Lipinski definition) is 1. The monoisotopic (exact) mass is 297 g/mol. The van der Waals surface area contributed by atoms with E-state index in [2.05, 4.69) is 28.6 Å². The maximum atomic E-state index is 10.7. The summed E-state index contributed by atoms with van der Waals surface area (Å²) in [4.78, 5) is 10.7. The van der Waals surface area contributed by atoms with Crippen molar-refractivity contribution in [2.75, 3.05) is 5.75 Å². The number of nitrogens with zero attached hydrogens (tertiary/aromatic N) is 3. The Kier molecular flexibility index (Phi) is 5.46. The summed E-state index contributed by atoms with van der Waals surface area (Å²) in [5, 5.41) is 18.0. The van der Waals surface area contributed by atoms with Crippen LogP contribution in [0.3, 0.4) is 0 Å². The fourth-order valence-electron chi connectivity index (χ4n) is 2.84. The predicted octanol–water partition coefficient (Wildman–Crippen LogP) is 3.16. The first-order chi connectivity index (χ1) is 9.58. The third kappa shape index (κ3) is 3.98. The van der Waals surface area contributed by atoms with Gasteiger partial charge in [0.25, 0.3) is 0 Å². The molecule has 0 spiro atoms. The Morgan fingerprint density at radius 3 is 2.65 bits per heavy atom. The summed E-state index contributed by atoms with van der Waals surface area (Å²) in [7, 11) is 0. The molecule has 1 aromatic heterocycles. The van der Waals surface area contributed by atoms with Crippen LogP contribution in [-0.2, 0) is 11.2 Å². The van der Waals surface area contributed by atoms with Gasteiger partial charge in [-0.05, 0) is 19.8 Å². The van der Waals surface area contributed by atoms with E-state index >= 15 is 0 Å². The molecule has 0 atom stereocenters. The van der Waals surface area contributed by atoms with Crippen molar-refractivity contribution < 1.29 is 9.90 Å². The molecule has 0 aliphatic heterocycles. The average molecular weight is 297 g/mol. The SMILES string of the molecule is CC(C)n1c(CC2CCCCC2)nnc1SCC(=O)O. The molecule has 0 aromatic carbocycles. The number of thioether (sulfide) groups is 1. The zero-order chi connectivity index (χ0) is 14.5. The fourth-order valence-corrected chi connectivity index (χ4v) is 3.65. The highest BCUT2D eigenvalue weighted by atomic mass is 32.2. The highest BCUT2D eigenvalue weighted by Crippen LogP contribution is 2.29. The van der Waals surface area contributed by atoms with Gasteiger partial charge in [0.15, 0.2) is 5.16 Å². The molecule has 6 heteroatoms. The Labute approximate surface area is 124 Å². The van der Waals surface area contributed by atoms with Crippen molar-refractivity contribution in [3.63, 3.8) is 0 Å². The Morgan fingerprint density at radius 1 is 1.35 bits per heavy atom. The van der Waals surface area contributed by atoms with E-state index in [4.69, 9.17) is 5.11 Å². The van der Waals surface area contributed by atoms with Crippen LogP contribution in [0.5, 0.6) is 0 Å². The summed E-state index contributed by atoms with van der Waals surface area (Å²) in [6.07, 6.45) is 7.53. The van der Waals surface area contributed by atoms with E-state index in [1.165, 1.54) is 43.9 Å². The van der Waals surface area contributed by atoms with Crippen molar-refractivity contribution in [2.45, 2.75) is 63.6 Å². The molecule has 0 saturated heterocycles. The van der Waals surface area contributed by atoms with Crippen molar-refractivity contribution in [3.8, 4) is 0 Å². The van der Waals surface area contributed by atoms with Gasteiger partial charge in [0, 0.05) is 12.5 Å². The smallest absolute Gasteiger partial charge is 0.313 e. The number of hydrogen-bond acceptors (Lipinski definition) is 4. The van der Waals surface area contributed by atoms with Crippen LogP contribution < -0.4 is 0 Å². The first-order valence-corrected chi connectivity index (χ1v) is 8.35. The van der Waals surface area contributed by atoms with Crippen LogP contribution >= 0.6 is 11.8 Å². The van der Waals surface area contributed by atoms with E-state index in [1.807, 2.05) is 0 Å². The first kappa shape index (κ1) is 15.4. The molecule has 0 unspecified atom stereocenters. The number of rotatable bonds is 6. The van der Waals surface area contributed by atoms with Crippen molar-refractivity contribution in [2.24, 2.45) is 5.92 Å². The van der Waals surface area contributed by atoms with Gasteiger partial charge in [-0.15, -0.1) is 10.2 Å². The number of aromatic nitrogens is 3. The maximum Gasteiger partial charge on any atom is 0.313 e. The second-order valence-electron chi connectivity index (χ2n) is 5.75. The zero-order valence-corrected chi connectivity index (χ0v) is 13.0. The van der Waals surface area contributed by atoms with Crippen LogP contribution in [0.25, 0.3) is 0 Å². The molecule has 20 heavy (non-hydrogen) atoms. The minimum absolute atomic E-state index is 0.0360. The Bertz CT molecular complexity index is 453. The molecule has 1 aliphatic carbocycles. The Hall–Kier alpha value is -1.04. The van der Waals surface area contributed by atoms with Crippen LogP contribution in [-0.4, -0.2) is 31.6 Å². The van der Waals surface area contributed by atoms with E-state index < -0.39 is 5.97 Å². The van der Waals surface area contributed by atoms with Crippen LogP contribution in [0.1, 0.15) is 57.8 Å². The molecular formula is C14H23N3O2S. The third-order valence-electron chi connectivity index (χ3n) is 3.77. The zero-order valence-electron chi connectivity index (χ0n) is 12.2. The van der Waals surface area contributed by atoms with Crippen molar-refractivity contribution in [3.05, 3.63) is 5.82 Å². The van der Waals surface area contributed by atoms with Crippen molar-refractivity contribution in [1.82, 2.24) is 14.8 Å². The van der Waals surface area contributed by atoms with Gasteiger partial charge < -0.3 is 9.67 Å². The molecular weight excluding hydrogens is 274 g/mol. The lowest BCUT2D eigenvalue weighted by Crippen LogP contribution is -2.15. The summed E-state index contributed by atoms with van der Waals surface area (Å²) in [6.45, 7) is 4.19. The molecule has 0 amide bonds. The number of aliphatic carboxylic acids is 1. The lowest BCUT2D eigenvalue weighted by atomic mass is 9.87. The standard InChI is InChI=1S/C14H23N3O2S/c1-10(2)17-12(8-11-6-4-3-5-7-11)15-16-14(17)20-9-13(18)19/h10-11H,3-9H2,1-2H3,(H,18,19). The maximum absolute atomic E-state index is 10.7. The quantitative estimate of drug-likeness (QED) is 0.817. The second kappa shape index (κ2) is 7.11. The topological polar surface area (TPSA) is 68.0 Å². The largest absolute Gasteiger partial charge is 0.481 e. The summed E-state index contributed by atoms with van der Waals surface area (Å²) in [6, 6.07) is 0.264. The lowest BCUT2D eigenvalue weighted by molar-refractivity contribution is -0.133. The normalized spacial score (nSPS) is 16.8.